The second-order valence-corrected chi connectivity index (χ2v) is 5.97. The zero-order valence-corrected chi connectivity index (χ0v) is 12.2. The van der Waals surface area contributed by atoms with Crippen LogP contribution in [0.1, 0.15) is 11.6 Å². The Hall–Kier alpha value is -1.06. The molecule has 0 saturated carbocycles. The quantitative estimate of drug-likeness (QED) is 0.651. The van der Waals surface area contributed by atoms with Crippen LogP contribution in [0.4, 0.5) is 22.0 Å². The number of aromatic hydroxyl groups is 1. The van der Waals surface area contributed by atoms with Gasteiger partial charge in [0.1, 0.15) is 11.8 Å². The first-order valence-electron chi connectivity index (χ1n) is 6.59. The van der Waals surface area contributed by atoms with Gasteiger partial charge in [-0.3, -0.25) is 4.90 Å². The number of benzene rings is 1. The maximum absolute atomic E-state index is 13.4. The molecule has 0 unspecified atom stereocenters. The summed E-state index contributed by atoms with van der Waals surface area (Å²) < 4.78 is 64.1. The molecule has 1 aliphatic rings. The maximum Gasteiger partial charge on any atom is 0.446 e. The van der Waals surface area contributed by atoms with Gasteiger partial charge in [-0.05, 0) is 30.0 Å². The molecule has 1 saturated heterocycles. The van der Waals surface area contributed by atoms with E-state index < -0.39 is 23.7 Å². The second-order valence-electron chi connectivity index (χ2n) is 4.83. The van der Waals surface area contributed by atoms with Gasteiger partial charge in [-0.2, -0.15) is 13.2 Å². The minimum Gasteiger partial charge on any atom is -0.508 e. The average Bonchev–Trinajstić information content (AvgIpc) is 2.42. The largest absolute Gasteiger partial charge is 0.508 e. The number of alkyl halides is 5. The Balaban J connectivity index is 2.31. The van der Waals surface area contributed by atoms with Gasteiger partial charge < -0.3 is 10.4 Å². The van der Waals surface area contributed by atoms with Crippen LogP contribution in [0, 0.1) is 0 Å². The molecule has 0 bridgehead atoms. The highest BCUT2D eigenvalue weighted by Gasteiger charge is 2.34. The highest BCUT2D eigenvalue weighted by Crippen LogP contribution is 2.41. The topological polar surface area (TPSA) is 35.5 Å². The number of nitrogens with zero attached hydrogens (tertiary/aromatic N) is 1. The summed E-state index contributed by atoms with van der Waals surface area (Å²) in [5.74, 6) is -0.421. The fourth-order valence-electron chi connectivity index (χ4n) is 2.42. The minimum absolute atomic E-state index is 0.175. The van der Waals surface area contributed by atoms with Crippen LogP contribution in [-0.4, -0.2) is 48.1 Å². The van der Waals surface area contributed by atoms with Crippen LogP contribution < -0.4 is 5.32 Å². The van der Waals surface area contributed by atoms with Crippen LogP contribution in [-0.2, 0) is 0 Å². The lowest BCUT2D eigenvalue weighted by molar-refractivity contribution is -0.0328. The van der Waals surface area contributed by atoms with Crippen LogP contribution >= 0.6 is 11.8 Å². The van der Waals surface area contributed by atoms with Crippen molar-refractivity contribution in [3.05, 3.63) is 23.8 Å². The van der Waals surface area contributed by atoms with Crippen molar-refractivity contribution in [2.24, 2.45) is 0 Å². The molecule has 124 valence electrons. The van der Waals surface area contributed by atoms with Crippen LogP contribution in [0.3, 0.4) is 0 Å². The van der Waals surface area contributed by atoms with Gasteiger partial charge in [-0.1, -0.05) is 0 Å². The molecule has 0 radical (unpaired) electrons. The standard InChI is InChI=1S/C13H15F5N2OS/c14-12(15)11(20-5-3-19-4-6-20)9-7-8(1-2-10(9)21)22-13(16,17)18/h1-2,7,11-12,19,21H,3-6H2/t11-/m1/s1. The van der Waals surface area contributed by atoms with E-state index in [9.17, 15) is 27.1 Å². The van der Waals surface area contributed by atoms with E-state index in [1.165, 1.54) is 4.90 Å². The molecule has 1 fully saturated rings. The molecule has 22 heavy (non-hydrogen) atoms. The molecule has 1 aliphatic heterocycles. The molecular formula is C13H15F5N2OS. The summed E-state index contributed by atoms with van der Waals surface area (Å²) >= 11 is -0.387. The van der Waals surface area contributed by atoms with Crippen LogP contribution in [0.15, 0.2) is 23.1 Å². The highest BCUT2D eigenvalue weighted by molar-refractivity contribution is 8.00. The molecule has 2 N–H and O–H groups in total. The summed E-state index contributed by atoms with van der Waals surface area (Å²) in [6.45, 7) is 1.71. The van der Waals surface area contributed by atoms with E-state index in [2.05, 4.69) is 5.32 Å². The first kappa shape index (κ1) is 17.3. The van der Waals surface area contributed by atoms with Gasteiger partial charge in [-0.25, -0.2) is 8.78 Å². The van der Waals surface area contributed by atoms with Crippen LogP contribution in [0.5, 0.6) is 5.75 Å². The second kappa shape index (κ2) is 7.01. The highest BCUT2D eigenvalue weighted by atomic mass is 32.2. The van der Waals surface area contributed by atoms with E-state index in [1.54, 1.807) is 0 Å². The molecule has 1 heterocycles. The van der Waals surface area contributed by atoms with Crippen LogP contribution in [0.25, 0.3) is 0 Å². The summed E-state index contributed by atoms with van der Waals surface area (Å²) in [6, 6.07) is 1.67. The Morgan fingerprint density at radius 1 is 1.18 bits per heavy atom. The molecule has 2 rings (SSSR count). The molecule has 0 amide bonds. The van der Waals surface area contributed by atoms with Crippen molar-refractivity contribution in [3.8, 4) is 5.75 Å². The maximum atomic E-state index is 13.4. The van der Waals surface area contributed by atoms with E-state index >= 15 is 0 Å². The lowest BCUT2D eigenvalue weighted by Gasteiger charge is -2.35. The van der Waals surface area contributed by atoms with Gasteiger partial charge in [-0.15, -0.1) is 0 Å². The number of thioether (sulfide) groups is 1. The third kappa shape index (κ3) is 4.47. The summed E-state index contributed by atoms with van der Waals surface area (Å²) in [5, 5.41) is 12.8. The number of hydrogen-bond donors (Lipinski definition) is 2. The minimum atomic E-state index is -4.51. The Labute approximate surface area is 128 Å². The van der Waals surface area contributed by atoms with Crippen molar-refractivity contribution >= 4 is 11.8 Å². The fraction of sp³-hybridized carbons (Fsp3) is 0.538. The molecule has 0 aliphatic carbocycles. The van der Waals surface area contributed by atoms with E-state index in [-0.39, 0.29) is 22.2 Å². The van der Waals surface area contributed by atoms with Gasteiger partial charge in [0.25, 0.3) is 6.43 Å². The Bertz CT molecular complexity index is 506. The summed E-state index contributed by atoms with van der Waals surface area (Å²) in [6.07, 6.45) is -2.81. The average molecular weight is 342 g/mol. The molecular weight excluding hydrogens is 327 g/mol. The predicted molar refractivity (Wildman–Crippen MR) is 73.2 cm³/mol. The number of piperazine rings is 1. The third-order valence-electron chi connectivity index (χ3n) is 3.33. The summed E-state index contributed by atoms with van der Waals surface area (Å²) in [5.41, 5.74) is -4.69. The number of rotatable bonds is 4. The number of nitrogens with one attached hydrogen (secondary N) is 1. The van der Waals surface area contributed by atoms with Crippen molar-refractivity contribution in [3.63, 3.8) is 0 Å². The molecule has 9 heteroatoms. The third-order valence-corrected chi connectivity index (χ3v) is 4.06. The molecule has 3 nitrogen and oxygen atoms in total. The summed E-state index contributed by atoms with van der Waals surface area (Å²) in [7, 11) is 0. The number of phenolic OH excluding ortho intramolecular Hbond substituents is 1. The van der Waals surface area contributed by atoms with Crippen molar-refractivity contribution in [2.75, 3.05) is 26.2 Å². The number of halogens is 5. The van der Waals surface area contributed by atoms with Crippen molar-refractivity contribution in [1.82, 2.24) is 10.2 Å². The van der Waals surface area contributed by atoms with Crippen molar-refractivity contribution in [1.29, 1.82) is 0 Å². The van der Waals surface area contributed by atoms with E-state index in [0.29, 0.717) is 26.2 Å². The van der Waals surface area contributed by atoms with Gasteiger partial charge >= 0.3 is 5.51 Å². The Kier molecular flexibility index (Phi) is 5.51. The molecule has 0 spiro atoms. The Morgan fingerprint density at radius 3 is 2.36 bits per heavy atom. The first-order chi connectivity index (χ1) is 10.3. The number of phenols is 1. The van der Waals surface area contributed by atoms with Crippen molar-refractivity contribution in [2.45, 2.75) is 22.9 Å². The lowest BCUT2D eigenvalue weighted by Crippen LogP contribution is -2.46. The van der Waals surface area contributed by atoms with Gasteiger partial charge in [0.05, 0.1) is 0 Å². The van der Waals surface area contributed by atoms with Gasteiger partial charge in [0.2, 0.25) is 0 Å². The van der Waals surface area contributed by atoms with E-state index in [1.807, 2.05) is 0 Å². The number of hydrogen-bond acceptors (Lipinski definition) is 4. The van der Waals surface area contributed by atoms with Crippen molar-refractivity contribution < 1.29 is 27.1 Å². The van der Waals surface area contributed by atoms with Gasteiger partial charge in [0.15, 0.2) is 0 Å². The normalized spacial score (nSPS) is 18.6. The predicted octanol–water partition coefficient (Wildman–Crippen LogP) is 3.22. The van der Waals surface area contributed by atoms with Gasteiger partial charge in [0, 0.05) is 36.6 Å². The molecule has 0 aromatic heterocycles. The molecule has 1 aromatic rings. The molecule has 1 atom stereocenters. The van der Waals surface area contributed by atoms with E-state index in [0.717, 1.165) is 18.2 Å². The smallest absolute Gasteiger partial charge is 0.446 e. The zero-order chi connectivity index (χ0) is 16.3. The first-order valence-corrected chi connectivity index (χ1v) is 7.41. The molecule has 1 aromatic carbocycles. The SMILES string of the molecule is Oc1ccc(SC(F)(F)F)cc1[C@H](C(F)F)N1CCNCC1. The fourth-order valence-corrected chi connectivity index (χ4v) is 3.01. The monoisotopic (exact) mass is 342 g/mol. The van der Waals surface area contributed by atoms with E-state index in [4.69, 9.17) is 0 Å². The lowest BCUT2D eigenvalue weighted by atomic mass is 10.0. The van der Waals surface area contributed by atoms with Crippen LogP contribution in [0.2, 0.25) is 0 Å². The summed E-state index contributed by atoms with van der Waals surface area (Å²) in [4.78, 5) is 1.25. The zero-order valence-electron chi connectivity index (χ0n) is 11.4. The Morgan fingerprint density at radius 2 is 1.82 bits per heavy atom.